The quantitative estimate of drug-likeness (QED) is 0.834. The standard InChI is InChI=1S/C16H19NO2/c18-10-14(17-13-8-9-13)11-19-16-7-3-5-12-4-1-2-6-15(12)16/h1-7,13-14,17-18H,8-11H2. The molecule has 2 aromatic rings. The van der Waals surface area contributed by atoms with Gasteiger partial charge in [-0.05, 0) is 24.3 Å². The minimum absolute atomic E-state index is 0.0199. The van der Waals surface area contributed by atoms with Crippen molar-refractivity contribution in [3.63, 3.8) is 0 Å². The zero-order valence-corrected chi connectivity index (χ0v) is 10.9. The Morgan fingerprint density at radius 2 is 1.95 bits per heavy atom. The van der Waals surface area contributed by atoms with Crippen molar-refractivity contribution >= 4 is 10.8 Å². The number of ether oxygens (including phenoxy) is 1. The molecule has 0 aromatic heterocycles. The molecule has 1 saturated carbocycles. The Morgan fingerprint density at radius 3 is 2.74 bits per heavy atom. The SMILES string of the molecule is OCC(COc1cccc2ccccc12)NC1CC1. The van der Waals surface area contributed by atoms with E-state index in [4.69, 9.17) is 4.74 Å². The lowest BCUT2D eigenvalue weighted by molar-refractivity contribution is 0.183. The van der Waals surface area contributed by atoms with Crippen LogP contribution in [0.2, 0.25) is 0 Å². The molecule has 1 unspecified atom stereocenters. The fourth-order valence-corrected chi connectivity index (χ4v) is 2.25. The van der Waals surface area contributed by atoms with Crippen LogP contribution in [0.1, 0.15) is 12.8 Å². The highest BCUT2D eigenvalue weighted by Gasteiger charge is 2.24. The molecule has 19 heavy (non-hydrogen) atoms. The second-order valence-electron chi connectivity index (χ2n) is 5.11. The predicted octanol–water partition coefficient (Wildman–Crippen LogP) is 2.33. The molecule has 0 heterocycles. The molecule has 0 radical (unpaired) electrons. The summed E-state index contributed by atoms with van der Waals surface area (Å²) in [5.41, 5.74) is 0. The van der Waals surface area contributed by atoms with E-state index in [9.17, 15) is 5.11 Å². The second kappa shape index (κ2) is 5.59. The van der Waals surface area contributed by atoms with Gasteiger partial charge in [0, 0.05) is 11.4 Å². The molecule has 0 aliphatic heterocycles. The lowest BCUT2D eigenvalue weighted by Gasteiger charge is -2.17. The van der Waals surface area contributed by atoms with E-state index >= 15 is 0 Å². The largest absolute Gasteiger partial charge is 0.491 e. The first-order chi connectivity index (χ1) is 9.36. The van der Waals surface area contributed by atoms with Gasteiger partial charge >= 0.3 is 0 Å². The Bertz CT molecular complexity index is 546. The number of fused-ring (bicyclic) bond motifs is 1. The number of hydrogen-bond donors (Lipinski definition) is 2. The van der Waals surface area contributed by atoms with Crippen LogP contribution < -0.4 is 10.1 Å². The monoisotopic (exact) mass is 257 g/mol. The van der Waals surface area contributed by atoms with Crippen molar-refractivity contribution in [2.24, 2.45) is 0 Å². The molecule has 3 nitrogen and oxygen atoms in total. The van der Waals surface area contributed by atoms with Crippen molar-refractivity contribution < 1.29 is 9.84 Å². The van der Waals surface area contributed by atoms with E-state index in [1.54, 1.807) is 0 Å². The van der Waals surface area contributed by atoms with Gasteiger partial charge in [-0.3, -0.25) is 0 Å². The van der Waals surface area contributed by atoms with Crippen LogP contribution in [0, 0.1) is 0 Å². The average molecular weight is 257 g/mol. The maximum absolute atomic E-state index is 9.35. The summed E-state index contributed by atoms with van der Waals surface area (Å²) in [6.45, 7) is 0.613. The Balaban J connectivity index is 1.70. The van der Waals surface area contributed by atoms with E-state index in [0.717, 1.165) is 11.1 Å². The summed E-state index contributed by atoms with van der Waals surface area (Å²) in [4.78, 5) is 0. The molecule has 0 spiro atoms. The third-order valence-electron chi connectivity index (χ3n) is 3.46. The lowest BCUT2D eigenvalue weighted by Crippen LogP contribution is -2.39. The first-order valence-electron chi connectivity index (χ1n) is 6.84. The van der Waals surface area contributed by atoms with Crippen molar-refractivity contribution in [3.8, 4) is 5.75 Å². The van der Waals surface area contributed by atoms with Crippen LogP contribution in [0.25, 0.3) is 10.8 Å². The highest BCUT2D eigenvalue weighted by Crippen LogP contribution is 2.25. The van der Waals surface area contributed by atoms with E-state index in [0.29, 0.717) is 12.6 Å². The Kier molecular flexibility index (Phi) is 3.67. The van der Waals surface area contributed by atoms with Gasteiger partial charge in [0.1, 0.15) is 12.4 Å². The first kappa shape index (κ1) is 12.5. The highest BCUT2D eigenvalue weighted by molar-refractivity contribution is 5.88. The zero-order chi connectivity index (χ0) is 13.1. The molecule has 2 aromatic carbocycles. The Hall–Kier alpha value is -1.58. The van der Waals surface area contributed by atoms with E-state index < -0.39 is 0 Å². The van der Waals surface area contributed by atoms with Gasteiger partial charge in [-0.15, -0.1) is 0 Å². The van der Waals surface area contributed by atoms with Crippen molar-refractivity contribution in [1.29, 1.82) is 0 Å². The summed E-state index contributed by atoms with van der Waals surface area (Å²) in [6, 6.07) is 14.8. The molecule has 1 aliphatic carbocycles. The summed E-state index contributed by atoms with van der Waals surface area (Å²) in [7, 11) is 0. The number of rotatable bonds is 6. The maximum Gasteiger partial charge on any atom is 0.127 e. The topological polar surface area (TPSA) is 41.5 Å². The first-order valence-corrected chi connectivity index (χ1v) is 6.84. The molecule has 0 amide bonds. The van der Waals surface area contributed by atoms with E-state index in [1.165, 1.54) is 18.2 Å². The molecule has 100 valence electrons. The summed E-state index contributed by atoms with van der Waals surface area (Å²) in [5, 5.41) is 15.0. The fourth-order valence-electron chi connectivity index (χ4n) is 2.25. The van der Waals surface area contributed by atoms with Crippen LogP contribution >= 0.6 is 0 Å². The van der Waals surface area contributed by atoms with Gasteiger partial charge in [-0.25, -0.2) is 0 Å². The number of aliphatic hydroxyl groups is 1. The highest BCUT2D eigenvalue weighted by atomic mass is 16.5. The van der Waals surface area contributed by atoms with Gasteiger partial charge in [0.2, 0.25) is 0 Å². The van der Waals surface area contributed by atoms with Gasteiger partial charge < -0.3 is 15.2 Å². The molecule has 0 bridgehead atoms. The molecule has 1 atom stereocenters. The van der Waals surface area contributed by atoms with Crippen molar-refractivity contribution in [1.82, 2.24) is 5.32 Å². The summed E-state index contributed by atoms with van der Waals surface area (Å²) in [6.07, 6.45) is 2.43. The lowest BCUT2D eigenvalue weighted by atomic mass is 10.1. The third kappa shape index (κ3) is 3.06. The maximum atomic E-state index is 9.35. The third-order valence-corrected chi connectivity index (χ3v) is 3.46. The second-order valence-corrected chi connectivity index (χ2v) is 5.11. The molecule has 3 heteroatoms. The molecular weight excluding hydrogens is 238 g/mol. The van der Waals surface area contributed by atoms with Crippen LogP contribution in [0.5, 0.6) is 5.75 Å². The molecule has 2 N–H and O–H groups in total. The van der Waals surface area contributed by atoms with Gasteiger partial charge in [-0.1, -0.05) is 36.4 Å². The number of hydrogen-bond acceptors (Lipinski definition) is 3. The minimum Gasteiger partial charge on any atom is -0.491 e. The van der Waals surface area contributed by atoms with Crippen LogP contribution in [-0.4, -0.2) is 30.4 Å². The summed E-state index contributed by atoms with van der Waals surface area (Å²) >= 11 is 0. The number of aliphatic hydroxyl groups excluding tert-OH is 1. The van der Waals surface area contributed by atoms with Crippen molar-refractivity contribution in [2.75, 3.05) is 13.2 Å². The van der Waals surface area contributed by atoms with Gasteiger partial charge in [0.05, 0.1) is 12.6 Å². The van der Waals surface area contributed by atoms with Crippen LogP contribution in [0.15, 0.2) is 42.5 Å². The Labute approximate surface area is 113 Å². The van der Waals surface area contributed by atoms with Gasteiger partial charge in [-0.2, -0.15) is 0 Å². The minimum atomic E-state index is 0.0199. The normalized spacial score (nSPS) is 16.5. The molecule has 1 fully saturated rings. The van der Waals surface area contributed by atoms with E-state index in [1.807, 2.05) is 24.3 Å². The Morgan fingerprint density at radius 1 is 1.16 bits per heavy atom. The molecule has 3 rings (SSSR count). The van der Waals surface area contributed by atoms with Gasteiger partial charge in [0.15, 0.2) is 0 Å². The molecule has 1 aliphatic rings. The fraction of sp³-hybridized carbons (Fsp3) is 0.375. The van der Waals surface area contributed by atoms with Crippen LogP contribution in [0.3, 0.4) is 0 Å². The average Bonchev–Trinajstić information content (AvgIpc) is 3.27. The van der Waals surface area contributed by atoms with Crippen molar-refractivity contribution in [2.45, 2.75) is 24.9 Å². The predicted molar refractivity (Wildman–Crippen MR) is 76.5 cm³/mol. The van der Waals surface area contributed by atoms with E-state index in [2.05, 4.69) is 23.5 Å². The van der Waals surface area contributed by atoms with Crippen molar-refractivity contribution in [3.05, 3.63) is 42.5 Å². The molecule has 0 saturated heterocycles. The molecular formula is C16H19NO2. The van der Waals surface area contributed by atoms with E-state index in [-0.39, 0.29) is 12.6 Å². The van der Waals surface area contributed by atoms with Gasteiger partial charge in [0.25, 0.3) is 0 Å². The number of benzene rings is 2. The van der Waals surface area contributed by atoms with Crippen LogP contribution in [0.4, 0.5) is 0 Å². The van der Waals surface area contributed by atoms with Crippen LogP contribution in [-0.2, 0) is 0 Å². The summed E-state index contributed by atoms with van der Waals surface area (Å²) in [5.74, 6) is 0.883. The zero-order valence-electron chi connectivity index (χ0n) is 10.9. The smallest absolute Gasteiger partial charge is 0.127 e. The number of nitrogens with one attached hydrogen (secondary N) is 1. The summed E-state index contributed by atoms with van der Waals surface area (Å²) < 4.78 is 5.88.